The number of hydrogen-bond donors (Lipinski definition) is 3. The van der Waals surface area contributed by atoms with Gasteiger partial charge in [-0.1, -0.05) is 135 Å². The van der Waals surface area contributed by atoms with Gasteiger partial charge in [0.15, 0.2) is 12.4 Å². The van der Waals surface area contributed by atoms with Gasteiger partial charge < -0.3 is 32.5 Å². The van der Waals surface area contributed by atoms with Crippen molar-refractivity contribution in [3.63, 3.8) is 0 Å². The molecule has 0 saturated carbocycles. The van der Waals surface area contributed by atoms with E-state index in [4.69, 9.17) is 0 Å². The molecule has 1 rings (SSSR count). The van der Waals surface area contributed by atoms with Crippen molar-refractivity contribution in [3.8, 4) is 0 Å². The van der Waals surface area contributed by atoms with Gasteiger partial charge in [0.1, 0.15) is 6.54 Å². The van der Waals surface area contributed by atoms with E-state index in [0.717, 1.165) is 32.2 Å². The Hall–Kier alpha value is -0.980. The molecule has 0 aliphatic heterocycles. The van der Waals surface area contributed by atoms with Crippen LogP contribution >= 0.6 is 0 Å². The number of unbranched alkanes of at least 4 members (excludes halogenated alkanes) is 20. The Bertz CT molecular complexity index is 677. The van der Waals surface area contributed by atoms with Gasteiger partial charge in [-0.2, -0.15) is 0 Å². The van der Waals surface area contributed by atoms with Gasteiger partial charge in [0.25, 0.3) is 0 Å². The van der Waals surface area contributed by atoms with Crippen LogP contribution in [0, 0.1) is 0 Å². The van der Waals surface area contributed by atoms with Crippen molar-refractivity contribution in [2.24, 2.45) is 0 Å². The summed E-state index contributed by atoms with van der Waals surface area (Å²) in [5.41, 5.74) is 0. The maximum Gasteiger partial charge on any atom is 0.220 e. The fraction of sp³-hybridized carbons (Fsp3) is 0.829. The third-order valence-corrected chi connectivity index (χ3v) is 8.21. The molecule has 0 saturated heterocycles. The quantitative estimate of drug-likeness (QED) is 0.0833. The molecule has 2 atom stereocenters. The molecule has 0 radical (unpaired) electrons. The largest absolute Gasteiger partial charge is 1.00 e. The second-order valence-corrected chi connectivity index (χ2v) is 12.0. The number of amides is 1. The predicted molar refractivity (Wildman–Crippen MR) is 168 cm³/mol. The Morgan fingerprint density at radius 1 is 0.659 bits per heavy atom. The number of aromatic nitrogens is 1. The van der Waals surface area contributed by atoms with Crippen molar-refractivity contribution in [1.29, 1.82) is 0 Å². The molecule has 1 heterocycles. The Labute approximate surface area is 264 Å². The lowest BCUT2D eigenvalue weighted by atomic mass is 10.0. The topological polar surface area (TPSA) is 73.4 Å². The van der Waals surface area contributed by atoms with Crippen LogP contribution in [-0.4, -0.2) is 34.9 Å². The maximum atomic E-state index is 12.3. The number of aliphatic hydroxyl groups is 2. The van der Waals surface area contributed by atoms with Crippen LogP contribution in [0.1, 0.15) is 161 Å². The minimum absolute atomic E-state index is 0. The fourth-order valence-corrected chi connectivity index (χ4v) is 5.52. The first-order valence-electron chi connectivity index (χ1n) is 17.2. The lowest BCUT2D eigenvalue weighted by Crippen LogP contribution is -3.00. The molecule has 6 heteroatoms. The van der Waals surface area contributed by atoms with Crippen LogP contribution in [0.3, 0.4) is 0 Å². The second kappa shape index (κ2) is 30.5. The number of aryl methyl sites for hydroxylation is 1. The van der Waals surface area contributed by atoms with E-state index in [1.807, 2.05) is 0 Å². The zero-order valence-corrected chi connectivity index (χ0v) is 28.1. The highest BCUT2D eigenvalue weighted by atomic mass is 79.9. The molecule has 0 spiro atoms. The molecular formula is C35H65BrN2O3. The maximum absolute atomic E-state index is 12.3. The number of hydrogen-bond acceptors (Lipinski definition) is 3. The highest BCUT2D eigenvalue weighted by Crippen LogP contribution is 2.15. The first kappa shape index (κ1) is 40.0. The van der Waals surface area contributed by atoms with E-state index in [-0.39, 0.29) is 29.5 Å². The third kappa shape index (κ3) is 25.3. The van der Waals surface area contributed by atoms with Gasteiger partial charge in [0.05, 0.1) is 18.8 Å². The summed E-state index contributed by atoms with van der Waals surface area (Å²) < 4.78 is 2.25. The summed E-state index contributed by atoms with van der Waals surface area (Å²) in [5, 5.41) is 23.0. The molecular weight excluding hydrogens is 576 g/mol. The molecule has 240 valence electrons. The van der Waals surface area contributed by atoms with E-state index in [1.54, 1.807) is 0 Å². The molecule has 0 aliphatic carbocycles. The van der Waals surface area contributed by atoms with Crippen molar-refractivity contribution in [2.75, 3.05) is 6.61 Å². The lowest BCUT2D eigenvalue weighted by Gasteiger charge is -2.22. The SMILES string of the molecule is CCCCCCCCCCCCCCC[C@@H](O)[C@H](CO)NC(=O)CCCCCCCCCCC[n+]1ccccc1.[Br-]. The number of carbonyl (C=O) groups excluding carboxylic acids is 1. The first-order chi connectivity index (χ1) is 19.7. The molecule has 1 aromatic heterocycles. The van der Waals surface area contributed by atoms with Gasteiger partial charge in [-0.25, -0.2) is 4.57 Å². The zero-order chi connectivity index (χ0) is 28.9. The highest BCUT2D eigenvalue weighted by molar-refractivity contribution is 5.76. The van der Waals surface area contributed by atoms with Crippen LogP contribution in [0.4, 0.5) is 0 Å². The van der Waals surface area contributed by atoms with E-state index in [9.17, 15) is 15.0 Å². The number of nitrogens with zero attached hydrogens (tertiary/aromatic N) is 1. The normalized spacial score (nSPS) is 12.6. The van der Waals surface area contributed by atoms with E-state index in [0.29, 0.717) is 12.8 Å². The van der Waals surface area contributed by atoms with Crippen molar-refractivity contribution in [2.45, 2.75) is 180 Å². The number of aliphatic hydroxyl groups excluding tert-OH is 2. The molecule has 0 bridgehead atoms. The summed E-state index contributed by atoms with van der Waals surface area (Å²) in [4.78, 5) is 12.3. The third-order valence-electron chi connectivity index (χ3n) is 8.21. The van der Waals surface area contributed by atoms with E-state index in [2.05, 4.69) is 47.4 Å². The molecule has 41 heavy (non-hydrogen) atoms. The van der Waals surface area contributed by atoms with Crippen LogP contribution in [-0.2, 0) is 11.3 Å². The fourth-order valence-electron chi connectivity index (χ4n) is 5.52. The molecule has 0 unspecified atom stereocenters. The molecule has 0 fully saturated rings. The second-order valence-electron chi connectivity index (χ2n) is 12.0. The lowest BCUT2D eigenvalue weighted by molar-refractivity contribution is -0.697. The van der Waals surface area contributed by atoms with E-state index in [1.165, 1.54) is 116 Å². The number of pyridine rings is 1. The molecule has 1 aromatic rings. The van der Waals surface area contributed by atoms with Gasteiger partial charge in [-0.05, 0) is 19.3 Å². The predicted octanol–water partition coefficient (Wildman–Crippen LogP) is 5.20. The molecule has 1 amide bonds. The van der Waals surface area contributed by atoms with Gasteiger partial charge in [-0.3, -0.25) is 4.79 Å². The van der Waals surface area contributed by atoms with Crippen LogP contribution < -0.4 is 26.9 Å². The average molecular weight is 642 g/mol. The Kier molecular flexibility index (Phi) is 29.7. The Morgan fingerprint density at radius 3 is 1.59 bits per heavy atom. The summed E-state index contributed by atoms with van der Waals surface area (Å²) >= 11 is 0. The van der Waals surface area contributed by atoms with Gasteiger partial charge in [-0.15, -0.1) is 0 Å². The van der Waals surface area contributed by atoms with E-state index < -0.39 is 12.1 Å². The summed E-state index contributed by atoms with van der Waals surface area (Å²) in [7, 11) is 0. The van der Waals surface area contributed by atoms with Crippen LogP contribution in [0.2, 0.25) is 0 Å². The zero-order valence-electron chi connectivity index (χ0n) is 26.6. The minimum atomic E-state index is -0.659. The standard InChI is InChI=1S/C35H64N2O3.BrH/c1-2-3-4-5-6-7-8-9-10-12-15-18-22-27-34(39)33(32-38)36-35(40)28-23-19-16-13-11-14-17-20-24-29-37-30-25-21-26-31-37;/h21,25-26,30-31,33-34,38-39H,2-20,22-24,27-29,32H2,1H3;1H/t33-,34+;/m0./s1. The smallest absolute Gasteiger partial charge is 0.220 e. The Morgan fingerprint density at radius 2 is 1.10 bits per heavy atom. The van der Waals surface area contributed by atoms with Crippen LogP contribution in [0.5, 0.6) is 0 Å². The average Bonchev–Trinajstić information content (AvgIpc) is 2.97. The monoisotopic (exact) mass is 640 g/mol. The minimum Gasteiger partial charge on any atom is -1.00 e. The highest BCUT2D eigenvalue weighted by Gasteiger charge is 2.19. The van der Waals surface area contributed by atoms with E-state index >= 15 is 0 Å². The molecule has 0 aromatic carbocycles. The Balaban J connectivity index is 0.0000160. The first-order valence-corrected chi connectivity index (χ1v) is 17.2. The van der Waals surface area contributed by atoms with Crippen LogP contribution in [0.15, 0.2) is 30.6 Å². The summed E-state index contributed by atoms with van der Waals surface area (Å²) in [6.45, 7) is 3.18. The number of carbonyl (C=O) groups is 1. The van der Waals surface area contributed by atoms with Gasteiger partial charge >= 0.3 is 0 Å². The van der Waals surface area contributed by atoms with Crippen molar-refractivity contribution in [3.05, 3.63) is 30.6 Å². The summed E-state index contributed by atoms with van der Waals surface area (Å²) in [6, 6.07) is 5.69. The molecule has 0 aliphatic rings. The van der Waals surface area contributed by atoms with Crippen LogP contribution in [0.25, 0.3) is 0 Å². The van der Waals surface area contributed by atoms with Crippen molar-refractivity contribution >= 4 is 5.91 Å². The van der Waals surface area contributed by atoms with Crippen molar-refractivity contribution < 1.29 is 36.6 Å². The summed E-state index contributed by atoms with van der Waals surface area (Å²) in [5.74, 6) is -0.0419. The molecule has 3 N–H and O–H groups in total. The molecule has 5 nitrogen and oxygen atoms in total. The van der Waals surface area contributed by atoms with Gasteiger partial charge in [0.2, 0.25) is 5.91 Å². The van der Waals surface area contributed by atoms with Gasteiger partial charge in [0, 0.05) is 25.0 Å². The van der Waals surface area contributed by atoms with Crippen molar-refractivity contribution in [1.82, 2.24) is 5.32 Å². The summed E-state index contributed by atoms with van der Waals surface area (Å²) in [6.07, 6.45) is 32.4. The number of nitrogens with one attached hydrogen (secondary N) is 1. The number of rotatable bonds is 29. The number of halogens is 1.